The molecule has 0 radical (unpaired) electrons. The predicted molar refractivity (Wildman–Crippen MR) is 348 cm³/mol. The van der Waals surface area contributed by atoms with Gasteiger partial charge >= 0.3 is 17.9 Å². The molecule has 0 aromatic carbocycles. The van der Waals surface area contributed by atoms with Crippen molar-refractivity contribution in [1.29, 1.82) is 0 Å². The molecule has 0 saturated heterocycles. The maximum absolute atomic E-state index is 12.9. The number of ether oxygens (including phenoxy) is 3. The van der Waals surface area contributed by atoms with Crippen LogP contribution in [0.25, 0.3) is 0 Å². The molecule has 0 bridgehead atoms. The maximum Gasteiger partial charge on any atom is 0.306 e. The van der Waals surface area contributed by atoms with Crippen molar-refractivity contribution in [3.8, 4) is 0 Å². The summed E-state index contributed by atoms with van der Waals surface area (Å²) in [7, 11) is 0. The number of hydrogen-bond acceptors (Lipinski definition) is 6. The minimum absolute atomic E-state index is 0.0845. The van der Waals surface area contributed by atoms with E-state index in [4.69, 9.17) is 14.2 Å². The molecule has 0 spiro atoms. The third-order valence-corrected chi connectivity index (χ3v) is 14.5. The molecule has 458 valence electrons. The topological polar surface area (TPSA) is 78.9 Å². The summed E-state index contributed by atoms with van der Waals surface area (Å²) < 4.78 is 16.9. The lowest BCUT2D eigenvalue weighted by Gasteiger charge is -2.18. The SMILES string of the molecule is CC/C=C\C/C=C\C/C=C\C/C=C\C/C=C\C/C=C\C/C=C\C/C=C\C/C=C\CCCCCC(=O)OCC(COC(=O)CCCCCCCCCCCCCCCC)OC(=O)CCCCCCCCCCCCCCCCCCC. The summed E-state index contributed by atoms with van der Waals surface area (Å²) in [6.45, 7) is 6.54. The second kappa shape index (κ2) is 67.6. The molecule has 0 heterocycles. The van der Waals surface area contributed by atoms with Gasteiger partial charge < -0.3 is 14.2 Å². The molecule has 0 aliphatic heterocycles. The van der Waals surface area contributed by atoms with Crippen molar-refractivity contribution in [2.24, 2.45) is 0 Å². The minimum atomic E-state index is -0.791. The molecular weight excluding hydrogens is 985 g/mol. The van der Waals surface area contributed by atoms with Gasteiger partial charge in [0, 0.05) is 19.3 Å². The van der Waals surface area contributed by atoms with Crippen LogP contribution in [0.4, 0.5) is 0 Å². The number of rotatable bonds is 61. The Morgan fingerprint density at radius 2 is 0.487 bits per heavy atom. The highest BCUT2D eigenvalue weighted by molar-refractivity contribution is 5.71. The molecule has 0 aromatic heterocycles. The molecule has 1 unspecified atom stereocenters. The smallest absolute Gasteiger partial charge is 0.306 e. The van der Waals surface area contributed by atoms with Gasteiger partial charge in [0.15, 0.2) is 6.10 Å². The molecule has 0 rings (SSSR count). The van der Waals surface area contributed by atoms with Gasteiger partial charge in [0.1, 0.15) is 13.2 Å². The lowest BCUT2D eigenvalue weighted by Crippen LogP contribution is -2.30. The van der Waals surface area contributed by atoms with Gasteiger partial charge in [0.25, 0.3) is 0 Å². The molecule has 0 N–H and O–H groups in total. The van der Waals surface area contributed by atoms with E-state index in [1.54, 1.807) is 0 Å². The summed E-state index contributed by atoms with van der Waals surface area (Å²) in [6, 6.07) is 0. The second-order valence-corrected chi connectivity index (χ2v) is 22.4. The molecule has 6 nitrogen and oxygen atoms in total. The molecule has 0 aliphatic rings. The average Bonchev–Trinajstić information content (AvgIpc) is 3.46. The van der Waals surface area contributed by atoms with Crippen LogP contribution in [0.15, 0.2) is 109 Å². The van der Waals surface area contributed by atoms with Crippen molar-refractivity contribution in [3.63, 3.8) is 0 Å². The molecule has 1 atom stereocenters. The Bertz CT molecular complexity index is 1610. The summed E-state index contributed by atoms with van der Waals surface area (Å²) in [5.74, 6) is -0.904. The predicted octanol–water partition coefficient (Wildman–Crippen LogP) is 23.4. The zero-order valence-electron chi connectivity index (χ0n) is 52.6. The monoisotopic (exact) mass is 1110 g/mol. The normalized spacial score (nSPS) is 12.8. The summed E-state index contributed by atoms with van der Waals surface area (Å²) >= 11 is 0. The zero-order chi connectivity index (χ0) is 57.8. The van der Waals surface area contributed by atoms with Gasteiger partial charge in [-0.25, -0.2) is 0 Å². The highest BCUT2D eigenvalue weighted by Crippen LogP contribution is 2.17. The van der Waals surface area contributed by atoms with Gasteiger partial charge in [-0.15, -0.1) is 0 Å². The molecule has 6 heteroatoms. The highest BCUT2D eigenvalue weighted by Gasteiger charge is 2.19. The van der Waals surface area contributed by atoms with E-state index < -0.39 is 6.10 Å². The first kappa shape index (κ1) is 76.1. The quantitative estimate of drug-likeness (QED) is 0.0261. The standard InChI is InChI=1S/C74H126O6/c1-4-7-10-13-16-19-22-25-28-30-31-32-33-34-35-36-37-38-39-40-41-42-43-45-46-49-52-55-58-61-64-67-73(76)79-70-71(69-78-72(75)66-63-60-57-54-51-48-27-24-21-18-15-12-9-6-3)80-74(77)68-65-62-59-56-53-50-47-44-29-26-23-20-17-14-11-8-5-2/h7,10,16,19,25,28,31-32,34-35,37-38,40-41,43,45,49,52,71H,4-6,8-9,11-15,17-18,20-24,26-27,29-30,33,36,39,42,44,46-48,50-51,53-70H2,1-3H3/b10-7-,19-16-,28-25-,32-31-,35-34-,38-37-,41-40-,45-43-,52-49-. The Morgan fingerprint density at radius 1 is 0.263 bits per heavy atom. The van der Waals surface area contributed by atoms with Crippen molar-refractivity contribution >= 4 is 17.9 Å². The van der Waals surface area contributed by atoms with Gasteiger partial charge in [0.2, 0.25) is 0 Å². The molecule has 0 amide bonds. The first-order valence-electron chi connectivity index (χ1n) is 33.9. The number of hydrogen-bond donors (Lipinski definition) is 0. The van der Waals surface area contributed by atoms with E-state index in [2.05, 4.69) is 130 Å². The van der Waals surface area contributed by atoms with Gasteiger partial charge in [-0.2, -0.15) is 0 Å². The molecule has 80 heavy (non-hydrogen) atoms. The van der Waals surface area contributed by atoms with Crippen LogP contribution in [-0.4, -0.2) is 37.2 Å². The number of unbranched alkanes of at least 4 members (excludes halogenated alkanes) is 32. The fourth-order valence-corrected chi connectivity index (χ4v) is 9.50. The van der Waals surface area contributed by atoms with Crippen molar-refractivity contribution in [1.82, 2.24) is 0 Å². The first-order valence-corrected chi connectivity index (χ1v) is 33.9. The fraction of sp³-hybridized carbons (Fsp3) is 0.716. The average molecular weight is 1110 g/mol. The van der Waals surface area contributed by atoms with Crippen LogP contribution in [0.3, 0.4) is 0 Å². The second-order valence-electron chi connectivity index (χ2n) is 22.4. The highest BCUT2D eigenvalue weighted by atomic mass is 16.6. The lowest BCUT2D eigenvalue weighted by molar-refractivity contribution is -0.167. The van der Waals surface area contributed by atoms with E-state index in [0.717, 1.165) is 122 Å². The lowest BCUT2D eigenvalue weighted by atomic mass is 10.0. The van der Waals surface area contributed by atoms with Gasteiger partial charge in [-0.1, -0.05) is 323 Å². The van der Waals surface area contributed by atoms with Crippen LogP contribution < -0.4 is 0 Å². The van der Waals surface area contributed by atoms with Crippen LogP contribution >= 0.6 is 0 Å². The van der Waals surface area contributed by atoms with E-state index in [1.165, 1.54) is 161 Å². The molecule has 0 aromatic rings. The number of carbonyl (C=O) groups is 3. The van der Waals surface area contributed by atoms with E-state index in [0.29, 0.717) is 19.3 Å². The fourth-order valence-electron chi connectivity index (χ4n) is 9.50. The van der Waals surface area contributed by atoms with Gasteiger partial charge in [-0.05, 0) is 89.9 Å². The van der Waals surface area contributed by atoms with E-state index >= 15 is 0 Å². The Balaban J connectivity index is 4.36. The molecule has 0 aliphatic carbocycles. The van der Waals surface area contributed by atoms with E-state index in [-0.39, 0.29) is 31.1 Å². The molecule has 0 fully saturated rings. The van der Waals surface area contributed by atoms with E-state index in [1.807, 2.05) is 0 Å². The number of esters is 3. The van der Waals surface area contributed by atoms with Crippen LogP contribution in [0, 0.1) is 0 Å². The maximum atomic E-state index is 12.9. The van der Waals surface area contributed by atoms with Crippen molar-refractivity contribution < 1.29 is 28.6 Å². The Labute approximate surface area is 495 Å². The van der Waals surface area contributed by atoms with Crippen LogP contribution in [0.5, 0.6) is 0 Å². The van der Waals surface area contributed by atoms with Crippen LogP contribution in [-0.2, 0) is 28.6 Å². The van der Waals surface area contributed by atoms with Gasteiger partial charge in [-0.3, -0.25) is 14.4 Å². The van der Waals surface area contributed by atoms with Crippen molar-refractivity contribution in [2.75, 3.05) is 13.2 Å². The van der Waals surface area contributed by atoms with Gasteiger partial charge in [0.05, 0.1) is 0 Å². The Hall–Kier alpha value is -3.93. The minimum Gasteiger partial charge on any atom is -0.462 e. The Morgan fingerprint density at radius 3 is 0.762 bits per heavy atom. The zero-order valence-corrected chi connectivity index (χ0v) is 52.6. The third kappa shape index (κ3) is 64.9. The summed E-state index contributed by atoms with van der Waals surface area (Å²) in [6.07, 6.45) is 92.4. The largest absolute Gasteiger partial charge is 0.462 e. The molecule has 0 saturated carbocycles. The first-order chi connectivity index (χ1) is 39.5. The summed E-state index contributed by atoms with van der Waals surface area (Å²) in [5.41, 5.74) is 0. The summed E-state index contributed by atoms with van der Waals surface area (Å²) in [5, 5.41) is 0. The van der Waals surface area contributed by atoms with E-state index in [9.17, 15) is 14.4 Å². The number of allylic oxidation sites excluding steroid dienone is 18. The Kier molecular flexibility index (Phi) is 64.3. The molecular formula is C74H126O6. The van der Waals surface area contributed by atoms with Crippen LogP contribution in [0.2, 0.25) is 0 Å². The summed E-state index contributed by atoms with van der Waals surface area (Å²) in [4.78, 5) is 38.3. The van der Waals surface area contributed by atoms with Crippen molar-refractivity contribution in [2.45, 2.75) is 329 Å². The van der Waals surface area contributed by atoms with Crippen molar-refractivity contribution in [3.05, 3.63) is 109 Å². The number of carbonyl (C=O) groups excluding carboxylic acids is 3. The van der Waals surface area contributed by atoms with Crippen LogP contribution in [0.1, 0.15) is 323 Å². The third-order valence-electron chi connectivity index (χ3n) is 14.5.